The summed E-state index contributed by atoms with van der Waals surface area (Å²) in [5.74, 6) is 2.76. The molecule has 1 aromatic carbocycles. The van der Waals surface area contributed by atoms with Crippen molar-refractivity contribution in [2.45, 2.75) is 13.5 Å². The Hall–Kier alpha value is -3.55. The minimum atomic E-state index is -0.304. The van der Waals surface area contributed by atoms with E-state index in [1.165, 1.54) is 0 Å². The summed E-state index contributed by atoms with van der Waals surface area (Å²) in [6, 6.07) is 10.7. The van der Waals surface area contributed by atoms with E-state index in [2.05, 4.69) is 20.6 Å². The molecule has 0 spiro atoms. The summed E-state index contributed by atoms with van der Waals surface area (Å²) >= 11 is 0. The van der Waals surface area contributed by atoms with Crippen LogP contribution in [0.15, 0.2) is 47.1 Å². The van der Waals surface area contributed by atoms with Gasteiger partial charge in [0.05, 0.1) is 12.8 Å². The summed E-state index contributed by atoms with van der Waals surface area (Å²) in [6.45, 7) is 3.09. The fraction of sp³-hybridized carbons (Fsp3) is 0.211. The first-order valence-corrected chi connectivity index (χ1v) is 8.50. The zero-order valence-electron chi connectivity index (χ0n) is 14.7. The maximum atomic E-state index is 12.4. The highest BCUT2D eigenvalue weighted by atomic mass is 16.6. The predicted octanol–water partition coefficient (Wildman–Crippen LogP) is 2.82. The van der Waals surface area contributed by atoms with Gasteiger partial charge >= 0.3 is 0 Å². The average molecular weight is 366 g/mol. The lowest BCUT2D eigenvalue weighted by Crippen LogP contribution is -2.24. The van der Waals surface area contributed by atoms with Crippen LogP contribution in [0.3, 0.4) is 0 Å². The maximum Gasteiger partial charge on any atom is 0.270 e. The smallest absolute Gasteiger partial charge is 0.270 e. The number of hydrogen-bond acceptors (Lipinski definition) is 7. The molecule has 27 heavy (non-hydrogen) atoms. The fourth-order valence-electron chi connectivity index (χ4n) is 2.69. The molecule has 138 valence electrons. The van der Waals surface area contributed by atoms with E-state index in [1.807, 2.05) is 18.2 Å². The number of furan rings is 1. The molecule has 0 radical (unpaired) electrons. The van der Waals surface area contributed by atoms with Gasteiger partial charge in [0.15, 0.2) is 11.5 Å². The van der Waals surface area contributed by atoms with E-state index in [0.29, 0.717) is 48.7 Å². The van der Waals surface area contributed by atoms with Gasteiger partial charge < -0.3 is 24.5 Å². The first kappa shape index (κ1) is 16.9. The molecule has 0 bridgehead atoms. The van der Waals surface area contributed by atoms with Crippen molar-refractivity contribution in [2.24, 2.45) is 0 Å². The number of rotatable bonds is 5. The van der Waals surface area contributed by atoms with E-state index in [0.717, 1.165) is 5.69 Å². The molecule has 0 fully saturated rings. The van der Waals surface area contributed by atoms with E-state index < -0.39 is 0 Å². The number of hydrogen-bond donors (Lipinski definition) is 2. The van der Waals surface area contributed by atoms with Gasteiger partial charge in [-0.15, -0.1) is 0 Å². The summed E-state index contributed by atoms with van der Waals surface area (Å²) in [4.78, 5) is 20.9. The van der Waals surface area contributed by atoms with Gasteiger partial charge in [0, 0.05) is 17.8 Å². The molecule has 3 heterocycles. The highest BCUT2D eigenvalue weighted by Gasteiger charge is 2.14. The summed E-state index contributed by atoms with van der Waals surface area (Å²) in [5.41, 5.74) is 1.05. The zero-order valence-corrected chi connectivity index (χ0v) is 14.7. The van der Waals surface area contributed by atoms with E-state index >= 15 is 0 Å². The molecule has 0 saturated heterocycles. The Morgan fingerprint density at radius 2 is 1.96 bits per heavy atom. The van der Waals surface area contributed by atoms with Crippen molar-refractivity contribution in [1.82, 2.24) is 15.3 Å². The Bertz CT molecular complexity index is 956. The van der Waals surface area contributed by atoms with Crippen LogP contribution in [-0.4, -0.2) is 29.1 Å². The first-order valence-electron chi connectivity index (χ1n) is 8.50. The Morgan fingerprint density at radius 1 is 1.11 bits per heavy atom. The van der Waals surface area contributed by atoms with Crippen LogP contribution in [0.1, 0.15) is 22.1 Å². The number of amides is 1. The van der Waals surface area contributed by atoms with Crippen molar-refractivity contribution in [2.75, 3.05) is 18.5 Å². The Labute approximate surface area is 155 Å². The number of carbonyl (C=O) groups excluding carboxylic acids is 1. The normalized spacial score (nSPS) is 12.5. The van der Waals surface area contributed by atoms with Gasteiger partial charge in [0.1, 0.15) is 36.3 Å². The van der Waals surface area contributed by atoms with Crippen LogP contribution in [0.25, 0.3) is 0 Å². The molecule has 1 amide bonds. The van der Waals surface area contributed by atoms with Crippen LogP contribution in [0.4, 0.5) is 11.5 Å². The third kappa shape index (κ3) is 4.00. The minimum Gasteiger partial charge on any atom is -0.486 e. The SMILES string of the molecule is Cc1nc(Nc2ccc3c(c2)OCCO3)cc(C(=O)NCc2ccco2)n1. The van der Waals surface area contributed by atoms with Crippen molar-refractivity contribution < 1.29 is 18.7 Å². The zero-order chi connectivity index (χ0) is 18.6. The minimum absolute atomic E-state index is 0.272. The molecule has 0 atom stereocenters. The molecule has 1 aliphatic rings. The number of nitrogens with zero attached hydrogens (tertiary/aromatic N) is 2. The highest BCUT2D eigenvalue weighted by molar-refractivity contribution is 5.93. The lowest BCUT2D eigenvalue weighted by molar-refractivity contribution is 0.0942. The number of aromatic nitrogens is 2. The predicted molar refractivity (Wildman–Crippen MR) is 97.4 cm³/mol. The molecule has 8 nitrogen and oxygen atoms in total. The molecule has 0 saturated carbocycles. The van der Waals surface area contributed by atoms with Crippen LogP contribution >= 0.6 is 0 Å². The van der Waals surface area contributed by atoms with Crippen molar-refractivity contribution in [3.63, 3.8) is 0 Å². The average Bonchev–Trinajstić information content (AvgIpc) is 3.19. The van der Waals surface area contributed by atoms with E-state index in [1.54, 1.807) is 31.4 Å². The Balaban J connectivity index is 1.49. The molecule has 4 rings (SSSR count). The second-order valence-electron chi connectivity index (χ2n) is 5.93. The second kappa shape index (κ2) is 7.36. The molecule has 1 aliphatic heterocycles. The summed E-state index contributed by atoms with van der Waals surface area (Å²) in [5, 5.41) is 5.95. The number of anilines is 2. The quantitative estimate of drug-likeness (QED) is 0.716. The Morgan fingerprint density at radius 3 is 2.78 bits per heavy atom. The third-order valence-corrected chi connectivity index (χ3v) is 3.89. The van der Waals surface area contributed by atoms with Crippen molar-refractivity contribution >= 4 is 17.4 Å². The molecular formula is C19H18N4O4. The molecule has 2 N–H and O–H groups in total. The lowest BCUT2D eigenvalue weighted by Gasteiger charge is -2.19. The number of benzene rings is 1. The van der Waals surface area contributed by atoms with Crippen molar-refractivity contribution in [3.8, 4) is 11.5 Å². The second-order valence-corrected chi connectivity index (χ2v) is 5.93. The Kier molecular flexibility index (Phi) is 4.61. The van der Waals surface area contributed by atoms with Crippen molar-refractivity contribution in [3.05, 3.63) is 59.9 Å². The number of ether oxygens (including phenoxy) is 2. The molecular weight excluding hydrogens is 348 g/mol. The van der Waals surface area contributed by atoms with Gasteiger partial charge in [0.2, 0.25) is 0 Å². The number of carbonyl (C=O) groups is 1. The molecule has 0 unspecified atom stereocenters. The van der Waals surface area contributed by atoms with Crippen LogP contribution in [0, 0.1) is 6.92 Å². The van der Waals surface area contributed by atoms with E-state index in [9.17, 15) is 4.79 Å². The van der Waals surface area contributed by atoms with Gasteiger partial charge in [-0.2, -0.15) is 0 Å². The molecule has 8 heteroatoms. The van der Waals surface area contributed by atoms with Gasteiger partial charge in [-0.05, 0) is 31.2 Å². The fourth-order valence-corrected chi connectivity index (χ4v) is 2.69. The topological polar surface area (TPSA) is 98.5 Å². The summed E-state index contributed by atoms with van der Waals surface area (Å²) < 4.78 is 16.3. The van der Waals surface area contributed by atoms with Gasteiger partial charge in [-0.25, -0.2) is 9.97 Å². The van der Waals surface area contributed by atoms with E-state index in [-0.39, 0.29) is 11.6 Å². The first-order chi connectivity index (χ1) is 13.2. The molecule has 2 aromatic heterocycles. The lowest BCUT2D eigenvalue weighted by atomic mass is 10.2. The van der Waals surface area contributed by atoms with Crippen LogP contribution in [0.2, 0.25) is 0 Å². The number of aryl methyl sites for hydroxylation is 1. The third-order valence-electron chi connectivity index (χ3n) is 3.89. The van der Waals surface area contributed by atoms with Crippen LogP contribution in [0.5, 0.6) is 11.5 Å². The monoisotopic (exact) mass is 366 g/mol. The summed E-state index contributed by atoms with van der Waals surface area (Å²) in [7, 11) is 0. The van der Waals surface area contributed by atoms with Crippen LogP contribution < -0.4 is 20.1 Å². The highest BCUT2D eigenvalue weighted by Crippen LogP contribution is 2.33. The molecule has 3 aromatic rings. The van der Waals surface area contributed by atoms with Gasteiger partial charge in [-0.1, -0.05) is 0 Å². The molecule has 0 aliphatic carbocycles. The maximum absolute atomic E-state index is 12.4. The van der Waals surface area contributed by atoms with Gasteiger partial charge in [-0.3, -0.25) is 4.79 Å². The standard InChI is InChI=1S/C19H18N4O4/c1-12-21-15(19(24)20-11-14-3-2-6-25-14)10-18(22-12)23-13-4-5-16-17(9-13)27-8-7-26-16/h2-6,9-10H,7-8,11H2,1H3,(H,20,24)(H,21,22,23). The van der Waals surface area contributed by atoms with E-state index in [4.69, 9.17) is 13.9 Å². The summed E-state index contributed by atoms with van der Waals surface area (Å²) in [6.07, 6.45) is 1.56. The number of nitrogens with one attached hydrogen (secondary N) is 2. The van der Waals surface area contributed by atoms with Gasteiger partial charge in [0.25, 0.3) is 5.91 Å². The largest absolute Gasteiger partial charge is 0.486 e. The van der Waals surface area contributed by atoms with Crippen LogP contribution in [-0.2, 0) is 6.54 Å². The van der Waals surface area contributed by atoms with Crippen molar-refractivity contribution in [1.29, 1.82) is 0 Å². The number of fused-ring (bicyclic) bond motifs is 1.